The van der Waals surface area contributed by atoms with Gasteiger partial charge < -0.3 is 9.30 Å². The molecule has 2 aromatic heterocycles. The largest absolute Gasteiger partial charge is 0.466 e. The van der Waals surface area contributed by atoms with Crippen molar-refractivity contribution in [1.29, 1.82) is 0 Å². The van der Waals surface area contributed by atoms with Crippen molar-refractivity contribution < 1.29 is 9.53 Å². The molecular weight excluding hydrogens is 289 g/mol. The molecule has 0 spiro atoms. The molecule has 0 N–H and O–H groups in total. The smallest absolute Gasteiger partial charge is 0.307 e. The highest BCUT2D eigenvalue weighted by Gasteiger charge is 2.13. The van der Waals surface area contributed by atoms with Crippen LogP contribution in [0, 0.1) is 0 Å². The molecule has 0 unspecified atom stereocenters. The van der Waals surface area contributed by atoms with Gasteiger partial charge in [-0.25, -0.2) is 9.97 Å². The average molecular weight is 302 g/mol. The zero-order valence-corrected chi connectivity index (χ0v) is 11.9. The Morgan fingerprint density at radius 1 is 1.53 bits per heavy atom. The molecule has 0 saturated heterocycles. The first-order chi connectivity index (χ1) is 9.15. The molecule has 102 valence electrons. The van der Waals surface area contributed by atoms with Crippen LogP contribution in [0.4, 0.5) is 0 Å². The number of imidazole rings is 1. The number of halogens is 2. The summed E-state index contributed by atoms with van der Waals surface area (Å²) in [5.74, 6) is 0.658. The van der Waals surface area contributed by atoms with Crippen LogP contribution >= 0.6 is 23.2 Å². The molecule has 0 aliphatic heterocycles. The van der Waals surface area contributed by atoms with Gasteiger partial charge in [0.05, 0.1) is 23.9 Å². The lowest BCUT2D eigenvalue weighted by atomic mass is 10.4. The SMILES string of the molecule is CCOC(=O)CCn1c(CCl)nc2cc(Cl)cnc21. The highest BCUT2D eigenvalue weighted by atomic mass is 35.5. The second-order valence-corrected chi connectivity index (χ2v) is 4.57. The summed E-state index contributed by atoms with van der Waals surface area (Å²) in [6.07, 6.45) is 1.80. The summed E-state index contributed by atoms with van der Waals surface area (Å²) in [5, 5.41) is 0.517. The molecule has 0 aliphatic carbocycles. The maximum atomic E-state index is 11.4. The summed E-state index contributed by atoms with van der Waals surface area (Å²) >= 11 is 11.7. The van der Waals surface area contributed by atoms with Crippen LogP contribution in [0.5, 0.6) is 0 Å². The first-order valence-corrected chi connectivity index (χ1v) is 6.79. The Morgan fingerprint density at radius 2 is 2.32 bits per heavy atom. The highest BCUT2D eigenvalue weighted by Crippen LogP contribution is 2.19. The van der Waals surface area contributed by atoms with Crippen LogP contribution in [0.1, 0.15) is 19.2 Å². The number of rotatable bonds is 5. The van der Waals surface area contributed by atoms with Gasteiger partial charge in [0.2, 0.25) is 0 Å². The number of nitrogens with zero attached hydrogens (tertiary/aromatic N) is 3. The summed E-state index contributed by atoms with van der Waals surface area (Å²) < 4.78 is 6.71. The van der Waals surface area contributed by atoms with Gasteiger partial charge in [0, 0.05) is 12.7 Å². The Hall–Kier alpha value is -1.33. The van der Waals surface area contributed by atoms with Crippen LogP contribution in [-0.2, 0) is 22.0 Å². The third-order valence-electron chi connectivity index (χ3n) is 2.60. The van der Waals surface area contributed by atoms with Crippen molar-refractivity contribution in [3.8, 4) is 0 Å². The summed E-state index contributed by atoms with van der Waals surface area (Å²) in [6.45, 7) is 2.59. The van der Waals surface area contributed by atoms with Crippen LogP contribution < -0.4 is 0 Å². The van der Waals surface area contributed by atoms with Gasteiger partial charge >= 0.3 is 5.97 Å². The van der Waals surface area contributed by atoms with Crippen molar-refractivity contribution in [3.63, 3.8) is 0 Å². The van der Waals surface area contributed by atoms with E-state index in [9.17, 15) is 4.79 Å². The van der Waals surface area contributed by atoms with E-state index in [-0.39, 0.29) is 18.3 Å². The Kier molecular flexibility index (Phi) is 4.61. The van der Waals surface area contributed by atoms with Crippen LogP contribution in [0.3, 0.4) is 0 Å². The Labute approximate surface area is 120 Å². The molecule has 0 bridgehead atoms. The van der Waals surface area contributed by atoms with Crippen LogP contribution in [-0.4, -0.2) is 27.1 Å². The minimum absolute atomic E-state index is 0.247. The first kappa shape index (κ1) is 14.1. The van der Waals surface area contributed by atoms with Crippen molar-refractivity contribution in [2.24, 2.45) is 0 Å². The minimum Gasteiger partial charge on any atom is -0.466 e. The summed E-state index contributed by atoms with van der Waals surface area (Å²) in [6, 6.07) is 1.72. The van der Waals surface area contributed by atoms with Crippen LogP contribution in [0.25, 0.3) is 11.2 Å². The Bertz CT molecular complexity index is 598. The number of aromatic nitrogens is 3. The lowest BCUT2D eigenvalue weighted by Crippen LogP contribution is -2.11. The van der Waals surface area contributed by atoms with Gasteiger partial charge in [-0.2, -0.15) is 0 Å². The summed E-state index contributed by atoms with van der Waals surface area (Å²) in [5.41, 5.74) is 1.34. The van der Waals surface area contributed by atoms with E-state index in [2.05, 4.69) is 9.97 Å². The summed E-state index contributed by atoms with van der Waals surface area (Å²) in [4.78, 5) is 20.0. The van der Waals surface area contributed by atoms with E-state index in [1.165, 1.54) is 0 Å². The molecule has 5 nitrogen and oxygen atoms in total. The van der Waals surface area contributed by atoms with Crippen LogP contribution in [0.2, 0.25) is 5.02 Å². The fraction of sp³-hybridized carbons (Fsp3) is 0.417. The summed E-state index contributed by atoms with van der Waals surface area (Å²) in [7, 11) is 0. The molecule has 2 aromatic rings. The maximum Gasteiger partial charge on any atom is 0.307 e. The third-order valence-corrected chi connectivity index (χ3v) is 3.04. The van der Waals surface area contributed by atoms with Crippen molar-refractivity contribution in [3.05, 3.63) is 23.1 Å². The van der Waals surface area contributed by atoms with E-state index in [1.807, 2.05) is 4.57 Å². The molecule has 0 saturated carbocycles. The van der Waals surface area contributed by atoms with Crippen molar-refractivity contribution in [2.45, 2.75) is 25.8 Å². The quantitative estimate of drug-likeness (QED) is 0.629. The number of aryl methyl sites for hydroxylation is 1. The molecule has 7 heteroatoms. The Balaban J connectivity index is 2.27. The van der Waals surface area contributed by atoms with Gasteiger partial charge in [0.25, 0.3) is 0 Å². The fourth-order valence-electron chi connectivity index (χ4n) is 1.81. The molecular formula is C12H13Cl2N3O2. The number of carbonyl (C=O) groups is 1. The van der Waals surface area contributed by atoms with Gasteiger partial charge in [0.1, 0.15) is 11.3 Å². The van der Waals surface area contributed by atoms with E-state index < -0.39 is 0 Å². The standard InChI is InChI=1S/C12H13Cl2N3O2/c1-2-19-11(18)3-4-17-10(6-13)16-9-5-8(14)7-15-12(9)17/h5,7H,2-4,6H2,1H3. The second kappa shape index (κ2) is 6.21. The van der Waals surface area contributed by atoms with Gasteiger partial charge in [-0.1, -0.05) is 11.6 Å². The molecule has 0 aromatic carbocycles. The van der Waals surface area contributed by atoms with Gasteiger partial charge in [-0.3, -0.25) is 4.79 Å². The fourth-order valence-corrected chi connectivity index (χ4v) is 2.16. The average Bonchev–Trinajstić information content (AvgIpc) is 2.73. The van der Waals surface area contributed by atoms with Gasteiger partial charge in [-0.15, -0.1) is 11.6 Å². The Morgan fingerprint density at radius 3 is 3.00 bits per heavy atom. The number of pyridine rings is 1. The number of fused-ring (bicyclic) bond motifs is 1. The number of hydrogen-bond donors (Lipinski definition) is 0. The topological polar surface area (TPSA) is 57.0 Å². The molecule has 0 aliphatic rings. The third kappa shape index (κ3) is 3.16. The molecule has 19 heavy (non-hydrogen) atoms. The zero-order valence-electron chi connectivity index (χ0n) is 10.4. The first-order valence-electron chi connectivity index (χ1n) is 5.88. The van der Waals surface area contributed by atoms with Crippen molar-refractivity contribution >= 4 is 40.3 Å². The predicted octanol–water partition coefficient (Wildman–Crippen LogP) is 2.78. The molecule has 0 atom stereocenters. The second-order valence-electron chi connectivity index (χ2n) is 3.86. The molecule has 2 rings (SSSR count). The molecule has 0 amide bonds. The highest BCUT2D eigenvalue weighted by molar-refractivity contribution is 6.31. The van der Waals surface area contributed by atoms with Crippen LogP contribution in [0.15, 0.2) is 12.3 Å². The van der Waals surface area contributed by atoms with Crippen molar-refractivity contribution in [2.75, 3.05) is 6.61 Å². The van der Waals surface area contributed by atoms with E-state index in [4.69, 9.17) is 27.9 Å². The monoisotopic (exact) mass is 301 g/mol. The number of esters is 1. The number of hydrogen-bond acceptors (Lipinski definition) is 4. The van der Waals surface area contributed by atoms with E-state index in [1.54, 1.807) is 19.2 Å². The van der Waals surface area contributed by atoms with E-state index in [0.717, 1.165) is 0 Å². The number of ether oxygens (including phenoxy) is 1. The number of carbonyl (C=O) groups excluding carboxylic acids is 1. The minimum atomic E-state index is -0.251. The van der Waals surface area contributed by atoms with Crippen molar-refractivity contribution in [1.82, 2.24) is 14.5 Å². The maximum absolute atomic E-state index is 11.4. The normalized spacial score (nSPS) is 10.9. The van der Waals surface area contributed by atoms with Gasteiger partial charge in [0.15, 0.2) is 5.65 Å². The predicted molar refractivity (Wildman–Crippen MR) is 73.3 cm³/mol. The van der Waals surface area contributed by atoms with E-state index >= 15 is 0 Å². The lowest BCUT2D eigenvalue weighted by molar-refractivity contribution is -0.143. The molecule has 0 fully saturated rings. The van der Waals surface area contributed by atoms with E-state index in [0.29, 0.717) is 35.2 Å². The van der Waals surface area contributed by atoms with Gasteiger partial charge in [-0.05, 0) is 13.0 Å². The molecule has 2 heterocycles. The number of alkyl halides is 1. The molecule has 0 radical (unpaired) electrons. The zero-order chi connectivity index (χ0) is 13.8. The lowest BCUT2D eigenvalue weighted by Gasteiger charge is -2.06.